The van der Waals surface area contributed by atoms with E-state index in [1.807, 2.05) is 25.1 Å². The molecule has 88 valence electrons. The Kier molecular flexibility index (Phi) is 4.95. The van der Waals surface area contributed by atoms with Crippen LogP contribution in [0.1, 0.15) is 17.5 Å². The van der Waals surface area contributed by atoms with Crippen LogP contribution in [-0.4, -0.2) is 23.7 Å². The monoisotopic (exact) mass is 222 g/mol. The largest absolute Gasteiger partial charge is 0.481 e. The zero-order valence-corrected chi connectivity index (χ0v) is 9.44. The van der Waals surface area contributed by atoms with E-state index in [0.29, 0.717) is 6.54 Å². The van der Waals surface area contributed by atoms with Crippen molar-refractivity contribution >= 4 is 5.97 Å². The highest BCUT2D eigenvalue weighted by atomic mass is 16.4. The standard InChI is InChI=1S/C12H18N2O2/c1-9-3-2-4-10(5-9)7-14-8-11(13)6-12(15)16/h2-5,11,14H,6-8,13H2,1H3,(H,15,16). The van der Waals surface area contributed by atoms with Crippen LogP contribution >= 0.6 is 0 Å². The summed E-state index contributed by atoms with van der Waals surface area (Å²) in [5.41, 5.74) is 8.03. The number of hydrogen-bond donors (Lipinski definition) is 3. The summed E-state index contributed by atoms with van der Waals surface area (Å²) in [4.78, 5) is 10.4. The molecule has 0 aromatic heterocycles. The number of rotatable bonds is 6. The van der Waals surface area contributed by atoms with Crippen molar-refractivity contribution in [3.63, 3.8) is 0 Å². The molecule has 1 aromatic rings. The minimum absolute atomic E-state index is 0.000811. The molecule has 0 saturated carbocycles. The first-order chi connectivity index (χ1) is 7.58. The van der Waals surface area contributed by atoms with Crippen LogP contribution in [0.5, 0.6) is 0 Å². The Bertz CT molecular complexity index is 353. The maximum absolute atomic E-state index is 10.4. The molecule has 4 nitrogen and oxygen atoms in total. The topological polar surface area (TPSA) is 75.3 Å². The van der Waals surface area contributed by atoms with Crippen molar-refractivity contribution in [1.82, 2.24) is 5.32 Å². The molecular weight excluding hydrogens is 204 g/mol. The van der Waals surface area contributed by atoms with Gasteiger partial charge in [-0.1, -0.05) is 29.8 Å². The molecule has 0 aliphatic rings. The average Bonchev–Trinajstić information content (AvgIpc) is 2.16. The highest BCUT2D eigenvalue weighted by molar-refractivity contribution is 5.67. The van der Waals surface area contributed by atoms with Crippen LogP contribution < -0.4 is 11.1 Å². The maximum atomic E-state index is 10.4. The molecular formula is C12H18N2O2. The van der Waals surface area contributed by atoms with Crippen molar-refractivity contribution < 1.29 is 9.90 Å². The predicted octanol–water partition coefficient (Wildman–Crippen LogP) is 0.887. The van der Waals surface area contributed by atoms with Gasteiger partial charge in [0.2, 0.25) is 0 Å². The Balaban J connectivity index is 2.27. The van der Waals surface area contributed by atoms with E-state index >= 15 is 0 Å². The van der Waals surface area contributed by atoms with Crippen LogP contribution in [0.4, 0.5) is 0 Å². The summed E-state index contributed by atoms with van der Waals surface area (Å²) in [7, 11) is 0. The number of aryl methyl sites for hydroxylation is 1. The van der Waals surface area contributed by atoms with Gasteiger partial charge in [-0.05, 0) is 12.5 Å². The molecule has 0 heterocycles. The predicted molar refractivity (Wildman–Crippen MR) is 63.1 cm³/mol. The van der Waals surface area contributed by atoms with Crippen molar-refractivity contribution in [1.29, 1.82) is 0 Å². The van der Waals surface area contributed by atoms with Crippen LogP contribution in [0.15, 0.2) is 24.3 Å². The number of benzene rings is 1. The summed E-state index contributed by atoms with van der Waals surface area (Å²) in [5.74, 6) is -0.857. The highest BCUT2D eigenvalue weighted by Gasteiger charge is 2.06. The van der Waals surface area contributed by atoms with Crippen LogP contribution in [0.2, 0.25) is 0 Å². The first-order valence-electron chi connectivity index (χ1n) is 5.31. The number of nitrogens with two attached hydrogens (primary N) is 1. The molecule has 0 saturated heterocycles. The Morgan fingerprint density at radius 3 is 2.94 bits per heavy atom. The molecule has 1 aromatic carbocycles. The number of carboxylic acids is 1. The third-order valence-corrected chi connectivity index (χ3v) is 2.25. The Morgan fingerprint density at radius 2 is 2.31 bits per heavy atom. The molecule has 1 atom stereocenters. The number of hydrogen-bond acceptors (Lipinski definition) is 3. The van der Waals surface area contributed by atoms with Gasteiger partial charge in [-0.25, -0.2) is 0 Å². The van der Waals surface area contributed by atoms with Gasteiger partial charge >= 0.3 is 5.97 Å². The van der Waals surface area contributed by atoms with E-state index in [4.69, 9.17) is 10.8 Å². The lowest BCUT2D eigenvalue weighted by Gasteiger charge is -2.10. The highest BCUT2D eigenvalue weighted by Crippen LogP contribution is 2.03. The summed E-state index contributed by atoms with van der Waals surface area (Å²) >= 11 is 0. The second kappa shape index (κ2) is 6.25. The number of nitrogens with one attached hydrogen (secondary N) is 1. The summed E-state index contributed by atoms with van der Waals surface area (Å²) in [6, 6.07) is 7.84. The van der Waals surface area contributed by atoms with Gasteiger partial charge in [0.05, 0.1) is 6.42 Å². The molecule has 0 bridgehead atoms. The van der Waals surface area contributed by atoms with Crippen molar-refractivity contribution in [2.45, 2.75) is 25.9 Å². The molecule has 4 N–H and O–H groups in total. The number of aliphatic carboxylic acids is 1. The van der Waals surface area contributed by atoms with Gasteiger partial charge in [0.25, 0.3) is 0 Å². The van der Waals surface area contributed by atoms with Crippen LogP contribution in [0.25, 0.3) is 0 Å². The lowest BCUT2D eigenvalue weighted by molar-refractivity contribution is -0.137. The molecule has 0 radical (unpaired) electrons. The van der Waals surface area contributed by atoms with Crippen molar-refractivity contribution in [2.75, 3.05) is 6.54 Å². The molecule has 0 fully saturated rings. The van der Waals surface area contributed by atoms with E-state index in [0.717, 1.165) is 6.54 Å². The second-order valence-electron chi connectivity index (χ2n) is 3.98. The second-order valence-corrected chi connectivity index (χ2v) is 3.98. The third-order valence-electron chi connectivity index (χ3n) is 2.25. The fraction of sp³-hybridized carbons (Fsp3) is 0.417. The van der Waals surface area contributed by atoms with E-state index in [1.165, 1.54) is 11.1 Å². The van der Waals surface area contributed by atoms with Crippen LogP contribution in [-0.2, 0) is 11.3 Å². The molecule has 0 aliphatic heterocycles. The van der Waals surface area contributed by atoms with Gasteiger partial charge in [0.1, 0.15) is 0 Å². The van der Waals surface area contributed by atoms with Crippen molar-refractivity contribution in [3.8, 4) is 0 Å². The quantitative estimate of drug-likeness (QED) is 0.668. The smallest absolute Gasteiger partial charge is 0.304 e. The normalized spacial score (nSPS) is 12.4. The lowest BCUT2D eigenvalue weighted by atomic mass is 10.1. The Morgan fingerprint density at radius 1 is 1.56 bits per heavy atom. The molecule has 0 spiro atoms. The molecule has 0 aliphatic carbocycles. The van der Waals surface area contributed by atoms with Gasteiger partial charge < -0.3 is 16.2 Å². The van der Waals surface area contributed by atoms with E-state index in [-0.39, 0.29) is 12.5 Å². The van der Waals surface area contributed by atoms with E-state index in [9.17, 15) is 4.79 Å². The molecule has 1 rings (SSSR count). The summed E-state index contributed by atoms with van der Waals surface area (Å²) in [6.45, 7) is 3.27. The van der Waals surface area contributed by atoms with Gasteiger partial charge in [-0.15, -0.1) is 0 Å². The lowest BCUT2D eigenvalue weighted by Crippen LogP contribution is -2.35. The Labute approximate surface area is 95.5 Å². The first-order valence-corrected chi connectivity index (χ1v) is 5.31. The van der Waals surface area contributed by atoms with Gasteiger partial charge in [0.15, 0.2) is 0 Å². The number of carboxylic acid groups (broad SMARTS) is 1. The summed E-state index contributed by atoms with van der Waals surface area (Å²) < 4.78 is 0. The zero-order valence-electron chi connectivity index (χ0n) is 9.44. The SMILES string of the molecule is Cc1cccc(CNCC(N)CC(=O)O)c1. The van der Waals surface area contributed by atoms with Crippen molar-refractivity contribution in [3.05, 3.63) is 35.4 Å². The number of carbonyl (C=O) groups is 1. The first kappa shape index (κ1) is 12.7. The van der Waals surface area contributed by atoms with E-state index in [2.05, 4.69) is 11.4 Å². The van der Waals surface area contributed by atoms with Crippen LogP contribution in [0, 0.1) is 6.92 Å². The van der Waals surface area contributed by atoms with Gasteiger partial charge in [0, 0.05) is 19.1 Å². The van der Waals surface area contributed by atoms with Crippen LogP contribution in [0.3, 0.4) is 0 Å². The minimum Gasteiger partial charge on any atom is -0.481 e. The summed E-state index contributed by atoms with van der Waals surface area (Å²) in [6.07, 6.45) is 0.000811. The molecule has 0 amide bonds. The van der Waals surface area contributed by atoms with Crippen molar-refractivity contribution in [2.24, 2.45) is 5.73 Å². The molecule has 16 heavy (non-hydrogen) atoms. The summed E-state index contributed by atoms with van der Waals surface area (Å²) in [5, 5.41) is 11.7. The third kappa shape index (κ3) is 4.91. The van der Waals surface area contributed by atoms with E-state index in [1.54, 1.807) is 0 Å². The maximum Gasteiger partial charge on any atom is 0.304 e. The zero-order chi connectivity index (χ0) is 12.0. The van der Waals surface area contributed by atoms with Gasteiger partial charge in [-0.2, -0.15) is 0 Å². The molecule has 1 unspecified atom stereocenters. The fourth-order valence-corrected chi connectivity index (χ4v) is 1.52. The fourth-order valence-electron chi connectivity index (χ4n) is 1.52. The van der Waals surface area contributed by atoms with E-state index < -0.39 is 5.97 Å². The molecule has 4 heteroatoms. The average molecular weight is 222 g/mol. The van der Waals surface area contributed by atoms with Gasteiger partial charge in [-0.3, -0.25) is 4.79 Å². The Hall–Kier alpha value is -1.39. The minimum atomic E-state index is -0.857.